The maximum atomic E-state index is 11.7. The van der Waals surface area contributed by atoms with Crippen LogP contribution in [-0.4, -0.2) is 28.0 Å². The molecular weight excluding hydrogens is 264 g/mol. The number of carbonyl (C=O) groups excluding carboxylic acids is 1. The fourth-order valence-electron chi connectivity index (χ4n) is 1.64. The Balaban J connectivity index is 2.67. The highest BCUT2D eigenvalue weighted by molar-refractivity contribution is 6.30. The minimum Gasteiger partial charge on any atom is -0.361 e. The molecule has 0 fully saturated rings. The van der Waals surface area contributed by atoms with E-state index in [2.05, 4.69) is 27.5 Å². The maximum Gasteiger partial charge on any atom is 0.239 e. The highest BCUT2D eigenvalue weighted by Gasteiger charge is 2.14. The third kappa shape index (κ3) is 5.42. The minimum absolute atomic E-state index is 0.0790. The van der Waals surface area contributed by atoms with Crippen LogP contribution in [0.4, 0.5) is 5.82 Å². The van der Waals surface area contributed by atoms with E-state index in [1.807, 2.05) is 20.8 Å². The molecule has 1 heterocycles. The molecule has 0 radical (unpaired) electrons. The Bertz CT molecular complexity index is 443. The van der Waals surface area contributed by atoms with Crippen LogP contribution in [0.15, 0.2) is 6.33 Å². The van der Waals surface area contributed by atoms with Gasteiger partial charge in [0.2, 0.25) is 5.91 Å². The average molecular weight is 285 g/mol. The number of hydrogen-bond acceptors (Lipinski definition) is 4. The summed E-state index contributed by atoms with van der Waals surface area (Å²) in [6.45, 7) is 8.04. The number of halogens is 1. The molecule has 1 aromatic rings. The normalized spacial score (nSPS) is 11.2. The first-order chi connectivity index (χ1) is 8.83. The molecule has 0 atom stereocenters. The van der Waals surface area contributed by atoms with Crippen molar-refractivity contribution in [1.82, 2.24) is 15.3 Å². The molecule has 1 amide bonds. The Morgan fingerprint density at radius 3 is 2.63 bits per heavy atom. The molecule has 0 aliphatic heterocycles. The van der Waals surface area contributed by atoms with Crippen molar-refractivity contribution in [2.24, 2.45) is 0 Å². The number of hydrogen-bond donors (Lipinski definition) is 2. The lowest BCUT2D eigenvalue weighted by Crippen LogP contribution is -2.43. The summed E-state index contributed by atoms with van der Waals surface area (Å²) >= 11 is 6.04. The molecule has 0 aliphatic rings. The van der Waals surface area contributed by atoms with Gasteiger partial charge in [-0.2, -0.15) is 0 Å². The van der Waals surface area contributed by atoms with Crippen molar-refractivity contribution < 1.29 is 4.79 Å². The van der Waals surface area contributed by atoms with E-state index in [0.29, 0.717) is 11.0 Å². The number of nitrogens with one attached hydrogen (secondary N) is 2. The summed E-state index contributed by atoms with van der Waals surface area (Å²) < 4.78 is 0. The first-order valence-electron chi connectivity index (χ1n) is 6.37. The molecule has 0 spiro atoms. The van der Waals surface area contributed by atoms with Gasteiger partial charge >= 0.3 is 0 Å². The van der Waals surface area contributed by atoms with Crippen molar-refractivity contribution in [2.45, 2.75) is 46.1 Å². The van der Waals surface area contributed by atoms with Gasteiger partial charge in [-0.15, -0.1) is 0 Å². The third-order valence-electron chi connectivity index (χ3n) is 2.32. The molecular formula is C13H21ClN4O. The van der Waals surface area contributed by atoms with Crippen LogP contribution in [0.25, 0.3) is 0 Å². The highest BCUT2D eigenvalue weighted by atomic mass is 35.5. The zero-order valence-corrected chi connectivity index (χ0v) is 12.6. The van der Waals surface area contributed by atoms with Gasteiger partial charge in [-0.25, -0.2) is 9.97 Å². The molecule has 1 rings (SSSR count). The van der Waals surface area contributed by atoms with E-state index in [4.69, 9.17) is 11.6 Å². The van der Waals surface area contributed by atoms with E-state index in [1.165, 1.54) is 6.33 Å². The molecule has 2 N–H and O–H groups in total. The summed E-state index contributed by atoms with van der Waals surface area (Å²) in [6, 6.07) is 0. The standard InChI is InChI=1S/C13H21ClN4O/c1-5-6-9-11(14)16-8-17-12(9)15-7-10(19)18-13(2,3)4/h8H,5-7H2,1-4H3,(H,18,19)(H,15,16,17). The van der Waals surface area contributed by atoms with Gasteiger partial charge in [-0.3, -0.25) is 4.79 Å². The molecule has 0 aromatic carbocycles. The monoisotopic (exact) mass is 284 g/mol. The first-order valence-corrected chi connectivity index (χ1v) is 6.75. The second kappa shape index (κ2) is 6.70. The van der Waals surface area contributed by atoms with E-state index in [-0.39, 0.29) is 18.0 Å². The zero-order chi connectivity index (χ0) is 14.5. The quantitative estimate of drug-likeness (QED) is 0.815. The van der Waals surface area contributed by atoms with Gasteiger partial charge in [-0.05, 0) is 27.2 Å². The molecule has 0 bridgehead atoms. The molecule has 6 heteroatoms. The van der Waals surface area contributed by atoms with Crippen molar-refractivity contribution >= 4 is 23.3 Å². The van der Waals surface area contributed by atoms with Gasteiger partial charge in [0, 0.05) is 11.1 Å². The molecule has 106 valence electrons. The van der Waals surface area contributed by atoms with Crippen molar-refractivity contribution in [3.63, 3.8) is 0 Å². The summed E-state index contributed by atoms with van der Waals surface area (Å²) in [7, 11) is 0. The summed E-state index contributed by atoms with van der Waals surface area (Å²) in [5.41, 5.74) is 0.615. The Hall–Kier alpha value is -1.36. The lowest BCUT2D eigenvalue weighted by Gasteiger charge is -2.21. The maximum absolute atomic E-state index is 11.7. The van der Waals surface area contributed by atoms with Crippen LogP contribution in [-0.2, 0) is 11.2 Å². The number of carbonyl (C=O) groups is 1. The van der Waals surface area contributed by atoms with Gasteiger partial charge < -0.3 is 10.6 Å². The van der Waals surface area contributed by atoms with Crippen LogP contribution in [0.3, 0.4) is 0 Å². The lowest BCUT2D eigenvalue weighted by atomic mass is 10.1. The second-order valence-electron chi connectivity index (χ2n) is 5.39. The lowest BCUT2D eigenvalue weighted by molar-refractivity contribution is -0.120. The van der Waals surface area contributed by atoms with E-state index in [9.17, 15) is 4.79 Å². The predicted molar refractivity (Wildman–Crippen MR) is 77.4 cm³/mol. The van der Waals surface area contributed by atoms with E-state index >= 15 is 0 Å². The van der Waals surface area contributed by atoms with Gasteiger partial charge in [0.25, 0.3) is 0 Å². The SMILES string of the molecule is CCCc1c(Cl)ncnc1NCC(=O)NC(C)(C)C. The number of nitrogens with zero attached hydrogens (tertiary/aromatic N) is 2. The molecule has 1 aromatic heterocycles. The number of aromatic nitrogens is 2. The Labute approximate surface area is 119 Å². The van der Waals surface area contributed by atoms with Crippen LogP contribution in [0.1, 0.15) is 39.7 Å². The predicted octanol–water partition coefficient (Wildman–Crippen LogP) is 2.41. The zero-order valence-electron chi connectivity index (χ0n) is 11.9. The molecule has 0 saturated carbocycles. The van der Waals surface area contributed by atoms with Gasteiger partial charge in [0.15, 0.2) is 0 Å². The smallest absolute Gasteiger partial charge is 0.239 e. The number of anilines is 1. The third-order valence-corrected chi connectivity index (χ3v) is 2.65. The van der Waals surface area contributed by atoms with Crippen LogP contribution in [0, 0.1) is 0 Å². The first kappa shape index (κ1) is 15.7. The Morgan fingerprint density at radius 1 is 1.37 bits per heavy atom. The van der Waals surface area contributed by atoms with Crippen molar-refractivity contribution in [3.05, 3.63) is 17.0 Å². The minimum atomic E-state index is -0.242. The molecule has 0 unspecified atom stereocenters. The molecule has 0 saturated heterocycles. The summed E-state index contributed by atoms with van der Waals surface area (Å²) in [4.78, 5) is 19.8. The van der Waals surface area contributed by atoms with E-state index < -0.39 is 0 Å². The number of rotatable bonds is 5. The van der Waals surface area contributed by atoms with Gasteiger partial charge in [-0.1, -0.05) is 24.9 Å². The van der Waals surface area contributed by atoms with Crippen molar-refractivity contribution in [3.8, 4) is 0 Å². The fourth-order valence-corrected chi connectivity index (χ4v) is 1.87. The Morgan fingerprint density at radius 2 is 2.05 bits per heavy atom. The van der Waals surface area contributed by atoms with Crippen molar-refractivity contribution in [1.29, 1.82) is 0 Å². The van der Waals surface area contributed by atoms with Gasteiger partial charge in [0.1, 0.15) is 17.3 Å². The van der Waals surface area contributed by atoms with Crippen LogP contribution in [0.2, 0.25) is 5.15 Å². The summed E-state index contributed by atoms with van der Waals surface area (Å²) in [5.74, 6) is 0.551. The van der Waals surface area contributed by atoms with Crippen molar-refractivity contribution in [2.75, 3.05) is 11.9 Å². The average Bonchev–Trinajstić information content (AvgIpc) is 2.28. The second-order valence-corrected chi connectivity index (χ2v) is 5.75. The van der Waals surface area contributed by atoms with Crippen LogP contribution in [0.5, 0.6) is 0 Å². The van der Waals surface area contributed by atoms with Crippen LogP contribution >= 0.6 is 11.6 Å². The topological polar surface area (TPSA) is 66.9 Å². The fraction of sp³-hybridized carbons (Fsp3) is 0.615. The molecule has 19 heavy (non-hydrogen) atoms. The summed E-state index contributed by atoms with van der Waals surface area (Å²) in [5, 5.41) is 6.33. The summed E-state index contributed by atoms with van der Waals surface area (Å²) in [6.07, 6.45) is 3.12. The molecule has 0 aliphatic carbocycles. The van der Waals surface area contributed by atoms with E-state index in [1.54, 1.807) is 0 Å². The number of amides is 1. The van der Waals surface area contributed by atoms with Crippen LogP contribution < -0.4 is 10.6 Å². The molecule has 5 nitrogen and oxygen atoms in total. The Kier molecular flexibility index (Phi) is 5.54. The van der Waals surface area contributed by atoms with Gasteiger partial charge in [0.05, 0.1) is 6.54 Å². The van der Waals surface area contributed by atoms with E-state index in [0.717, 1.165) is 18.4 Å². The largest absolute Gasteiger partial charge is 0.361 e. The highest BCUT2D eigenvalue weighted by Crippen LogP contribution is 2.21.